The SMILES string of the molecule is Cc1cnc(Nc2ccc(C(=O)NC3CCC3)cc2)nc1Nc1ccc2oc(=O)n(C(OP(=O)(O)O)(C(C)(C)C)C(C)(C)C)c2c1. The number of carbonyl (C=O) groups is 1. The second-order valence-corrected chi connectivity index (χ2v) is 14.9. The molecule has 2 heterocycles. The third-order valence-electron chi connectivity index (χ3n) is 8.26. The average Bonchev–Trinajstić information content (AvgIpc) is 3.24. The van der Waals surface area contributed by atoms with E-state index >= 15 is 0 Å². The molecular formula is C32H41N6O7P. The van der Waals surface area contributed by atoms with Gasteiger partial charge in [-0.15, -0.1) is 0 Å². The molecule has 1 aliphatic carbocycles. The highest BCUT2D eigenvalue weighted by Gasteiger charge is 2.58. The molecule has 1 aliphatic rings. The lowest BCUT2D eigenvalue weighted by atomic mass is 9.68. The second-order valence-electron chi connectivity index (χ2n) is 13.8. The summed E-state index contributed by atoms with van der Waals surface area (Å²) in [6.07, 6.45) is 4.83. The minimum atomic E-state index is -5.10. The van der Waals surface area contributed by atoms with E-state index in [0.717, 1.165) is 24.8 Å². The Morgan fingerprint density at radius 1 is 1.00 bits per heavy atom. The van der Waals surface area contributed by atoms with Crippen LogP contribution in [0.25, 0.3) is 11.1 Å². The molecule has 5 N–H and O–H groups in total. The molecule has 2 aromatic heterocycles. The molecule has 1 saturated carbocycles. The molecule has 5 rings (SSSR count). The van der Waals surface area contributed by atoms with Crippen LogP contribution in [-0.2, 0) is 14.8 Å². The summed E-state index contributed by atoms with van der Waals surface area (Å²) in [5, 5.41) is 9.45. The number of nitrogens with one attached hydrogen (secondary N) is 3. The molecule has 4 aromatic rings. The van der Waals surface area contributed by atoms with Crippen molar-refractivity contribution in [2.75, 3.05) is 10.6 Å². The quantitative estimate of drug-likeness (QED) is 0.128. The van der Waals surface area contributed by atoms with Crippen molar-refractivity contribution in [3.8, 4) is 0 Å². The molecule has 0 bridgehead atoms. The van der Waals surface area contributed by atoms with E-state index in [1.165, 1.54) is 4.57 Å². The number of aryl methyl sites for hydroxylation is 1. The van der Waals surface area contributed by atoms with Gasteiger partial charge in [0, 0.05) is 45.6 Å². The number of anilines is 4. The maximum Gasteiger partial charge on any atom is 0.471 e. The lowest BCUT2D eigenvalue weighted by Crippen LogP contribution is -2.58. The predicted molar refractivity (Wildman–Crippen MR) is 175 cm³/mol. The third-order valence-corrected chi connectivity index (χ3v) is 8.76. The summed E-state index contributed by atoms with van der Waals surface area (Å²) in [6, 6.07) is 12.3. The van der Waals surface area contributed by atoms with Gasteiger partial charge in [-0.05, 0) is 68.7 Å². The van der Waals surface area contributed by atoms with Crippen molar-refractivity contribution in [1.82, 2.24) is 19.9 Å². The van der Waals surface area contributed by atoms with Crippen molar-refractivity contribution in [2.24, 2.45) is 10.8 Å². The third kappa shape index (κ3) is 6.59. The molecule has 1 amide bonds. The molecule has 0 spiro atoms. The summed E-state index contributed by atoms with van der Waals surface area (Å²) in [5.41, 5.74) is -0.761. The van der Waals surface area contributed by atoms with Crippen molar-refractivity contribution in [3.63, 3.8) is 0 Å². The van der Waals surface area contributed by atoms with Crippen LogP contribution in [0, 0.1) is 17.8 Å². The minimum Gasteiger partial charge on any atom is -0.408 e. The van der Waals surface area contributed by atoms with Crippen LogP contribution >= 0.6 is 7.82 Å². The molecule has 246 valence electrons. The lowest BCUT2D eigenvalue weighted by molar-refractivity contribution is -0.191. The van der Waals surface area contributed by atoms with E-state index in [1.54, 1.807) is 90.2 Å². The molecule has 1 fully saturated rings. The summed E-state index contributed by atoms with van der Waals surface area (Å²) < 4.78 is 24.7. The van der Waals surface area contributed by atoms with Crippen molar-refractivity contribution in [1.29, 1.82) is 0 Å². The maximum atomic E-state index is 13.4. The summed E-state index contributed by atoms with van der Waals surface area (Å²) in [6.45, 7) is 12.3. The van der Waals surface area contributed by atoms with Crippen molar-refractivity contribution >= 4 is 48.0 Å². The summed E-state index contributed by atoms with van der Waals surface area (Å²) in [4.78, 5) is 55.0. The zero-order valence-corrected chi connectivity index (χ0v) is 27.9. The van der Waals surface area contributed by atoms with E-state index in [2.05, 4.69) is 25.9 Å². The molecule has 13 nitrogen and oxygen atoms in total. The Balaban J connectivity index is 1.46. The Kier molecular flexibility index (Phi) is 8.67. The number of hydrogen-bond acceptors (Lipinski definition) is 9. The molecule has 0 unspecified atom stereocenters. The van der Waals surface area contributed by atoms with Crippen LogP contribution in [0.3, 0.4) is 0 Å². The van der Waals surface area contributed by atoms with Gasteiger partial charge in [0.1, 0.15) is 5.82 Å². The molecule has 0 atom stereocenters. The Labute approximate surface area is 267 Å². The van der Waals surface area contributed by atoms with Gasteiger partial charge >= 0.3 is 13.6 Å². The first kappa shape index (κ1) is 33.3. The van der Waals surface area contributed by atoms with Gasteiger partial charge in [-0.25, -0.2) is 18.9 Å². The van der Waals surface area contributed by atoms with Gasteiger partial charge in [0.2, 0.25) is 5.95 Å². The standard InChI is InChI=1S/C32H41N6O7P/c1-19-18-33-28(36-22-13-11-20(12-14-22)27(39)35-21-9-8-10-21)37-26(19)34-23-15-16-25-24(17-23)38(29(40)44-25)32(30(2,3)4,31(5,6)7)45-46(41,42)43/h11-18,21H,8-10H2,1-7H3,(H,35,39)(H2,41,42,43)(H2,33,34,36,37). The van der Waals surface area contributed by atoms with E-state index in [9.17, 15) is 23.9 Å². The van der Waals surface area contributed by atoms with Crippen molar-refractivity contribution in [2.45, 2.75) is 79.5 Å². The van der Waals surface area contributed by atoms with Crippen molar-refractivity contribution < 1.29 is 28.1 Å². The fourth-order valence-corrected chi connectivity index (χ4v) is 7.07. The highest BCUT2D eigenvalue weighted by atomic mass is 31.2. The highest BCUT2D eigenvalue weighted by Crippen LogP contribution is 2.58. The van der Waals surface area contributed by atoms with Crippen molar-refractivity contribution in [3.05, 3.63) is 70.3 Å². The largest absolute Gasteiger partial charge is 0.471 e. The average molecular weight is 653 g/mol. The first-order valence-corrected chi connectivity index (χ1v) is 16.6. The van der Waals surface area contributed by atoms with E-state index in [4.69, 9.17) is 8.94 Å². The van der Waals surface area contributed by atoms with Gasteiger partial charge in [0.25, 0.3) is 5.91 Å². The lowest BCUT2D eigenvalue weighted by Gasteiger charge is -2.52. The Hall–Kier alpha value is -4.03. The van der Waals surface area contributed by atoms with Crippen LogP contribution < -0.4 is 21.7 Å². The van der Waals surface area contributed by atoms with Crippen LogP contribution in [0.2, 0.25) is 0 Å². The number of amides is 1. The summed E-state index contributed by atoms with van der Waals surface area (Å²) >= 11 is 0. The molecule has 14 heteroatoms. The number of oxazole rings is 1. The zero-order valence-electron chi connectivity index (χ0n) is 27.0. The van der Waals surface area contributed by atoms with Crippen LogP contribution in [0.15, 0.2) is 57.9 Å². The number of benzene rings is 2. The monoisotopic (exact) mass is 652 g/mol. The van der Waals surface area contributed by atoms with Crippen LogP contribution in [0.1, 0.15) is 76.7 Å². The Bertz CT molecular complexity index is 1850. The van der Waals surface area contributed by atoms with Crippen LogP contribution in [-0.4, -0.2) is 36.3 Å². The number of phosphoric ester groups is 1. The smallest absolute Gasteiger partial charge is 0.408 e. The summed E-state index contributed by atoms with van der Waals surface area (Å²) in [5.74, 6) is -0.114. The van der Waals surface area contributed by atoms with E-state index in [1.807, 2.05) is 6.92 Å². The van der Waals surface area contributed by atoms with E-state index in [0.29, 0.717) is 28.7 Å². The maximum absolute atomic E-state index is 13.4. The second kappa shape index (κ2) is 12.0. The molecule has 2 aromatic carbocycles. The van der Waals surface area contributed by atoms with Crippen LogP contribution in [0.4, 0.5) is 23.1 Å². The van der Waals surface area contributed by atoms with Gasteiger partial charge in [-0.3, -0.25) is 9.32 Å². The molecule has 0 aliphatic heterocycles. The topological polar surface area (TPSA) is 181 Å². The number of fused-ring (bicyclic) bond motifs is 1. The predicted octanol–water partition coefficient (Wildman–Crippen LogP) is 6.32. The van der Waals surface area contributed by atoms with E-state index < -0.39 is 30.1 Å². The van der Waals surface area contributed by atoms with Gasteiger partial charge in [-0.1, -0.05) is 41.5 Å². The molecule has 46 heavy (non-hydrogen) atoms. The fraction of sp³-hybridized carbons (Fsp3) is 0.438. The van der Waals surface area contributed by atoms with Gasteiger partial charge in [0.15, 0.2) is 11.3 Å². The molecule has 0 saturated heterocycles. The highest BCUT2D eigenvalue weighted by molar-refractivity contribution is 7.46. The Morgan fingerprint density at radius 2 is 1.63 bits per heavy atom. The number of carbonyl (C=O) groups excluding carboxylic acids is 1. The van der Waals surface area contributed by atoms with Gasteiger partial charge in [-0.2, -0.15) is 4.98 Å². The molecule has 0 radical (unpaired) electrons. The van der Waals surface area contributed by atoms with E-state index in [-0.39, 0.29) is 23.0 Å². The van der Waals surface area contributed by atoms with Crippen LogP contribution in [0.5, 0.6) is 0 Å². The number of hydrogen-bond donors (Lipinski definition) is 5. The number of phosphoric acid groups is 1. The number of rotatable bonds is 9. The number of aromatic nitrogens is 3. The van der Waals surface area contributed by atoms with Gasteiger partial charge < -0.3 is 30.2 Å². The fourth-order valence-electron chi connectivity index (χ4n) is 6.10. The zero-order chi connectivity index (χ0) is 33.7. The first-order chi connectivity index (χ1) is 21.4. The first-order valence-electron chi connectivity index (χ1n) is 15.1. The normalized spacial score (nSPS) is 14.6. The summed E-state index contributed by atoms with van der Waals surface area (Å²) in [7, 11) is -5.10. The molecular weight excluding hydrogens is 611 g/mol. The minimum absolute atomic E-state index is 0.0927. The Morgan fingerprint density at radius 3 is 2.20 bits per heavy atom. The number of nitrogens with zero attached hydrogens (tertiary/aromatic N) is 3. The van der Waals surface area contributed by atoms with Gasteiger partial charge in [0.05, 0.1) is 5.52 Å².